The van der Waals surface area contributed by atoms with E-state index in [9.17, 15) is 22.4 Å². The Kier molecular flexibility index (Phi) is 4.52. The molecule has 118 valence electrons. The van der Waals surface area contributed by atoms with Gasteiger partial charge in [-0.15, -0.1) is 0 Å². The molecular weight excluding hydrogens is 335 g/mol. The molecule has 0 saturated carbocycles. The number of halogens is 2. The van der Waals surface area contributed by atoms with Crippen LogP contribution in [0.1, 0.15) is 0 Å². The number of hydrogen-bond donors (Lipinski definition) is 1. The highest BCUT2D eigenvalue weighted by Gasteiger charge is 2.15. The number of benzene rings is 1. The zero-order chi connectivity index (χ0) is 16.5. The van der Waals surface area contributed by atoms with Crippen molar-refractivity contribution in [3.05, 3.63) is 56.1 Å². The van der Waals surface area contributed by atoms with Gasteiger partial charge in [-0.25, -0.2) is 17.6 Å². The summed E-state index contributed by atoms with van der Waals surface area (Å²) < 4.78 is 36.6. The second-order valence-corrected chi connectivity index (χ2v) is 7.33. The van der Waals surface area contributed by atoms with Gasteiger partial charge in [-0.1, -0.05) is 23.7 Å². The van der Waals surface area contributed by atoms with Crippen LogP contribution in [0.25, 0.3) is 11.1 Å². The van der Waals surface area contributed by atoms with E-state index in [-0.39, 0.29) is 28.4 Å². The molecule has 1 N–H and O–H groups in total. The van der Waals surface area contributed by atoms with Gasteiger partial charge in [0.05, 0.1) is 16.3 Å². The van der Waals surface area contributed by atoms with E-state index in [1.807, 2.05) is 0 Å². The third kappa shape index (κ3) is 3.45. The van der Waals surface area contributed by atoms with Gasteiger partial charge >= 0.3 is 5.69 Å². The van der Waals surface area contributed by atoms with E-state index >= 15 is 0 Å². The molecular formula is C13H12ClFN2O4S. The lowest BCUT2D eigenvalue weighted by Gasteiger charge is -2.08. The Labute approximate surface area is 130 Å². The molecule has 0 aliphatic rings. The zero-order valence-corrected chi connectivity index (χ0v) is 13.0. The first-order chi connectivity index (χ1) is 10.2. The molecule has 0 unspecified atom stereocenters. The van der Waals surface area contributed by atoms with Crippen LogP contribution in [0.5, 0.6) is 0 Å². The summed E-state index contributed by atoms with van der Waals surface area (Å²) in [5.41, 5.74) is -1.38. The number of nitrogens with one attached hydrogen (secondary N) is 1. The Morgan fingerprint density at radius 3 is 2.59 bits per heavy atom. The first kappa shape index (κ1) is 16.4. The third-order valence-corrected chi connectivity index (χ3v) is 4.30. The van der Waals surface area contributed by atoms with Crippen molar-refractivity contribution < 1.29 is 12.8 Å². The van der Waals surface area contributed by atoms with Crippen LogP contribution in [0.15, 0.2) is 34.0 Å². The van der Waals surface area contributed by atoms with Crippen molar-refractivity contribution in [1.82, 2.24) is 9.55 Å². The SMILES string of the molecule is CS(=O)(=O)CCn1c(=O)[nH]cc(-c2cccc(F)c2Cl)c1=O. The lowest BCUT2D eigenvalue weighted by molar-refractivity contribution is 0.589. The van der Waals surface area contributed by atoms with E-state index in [4.69, 9.17) is 11.6 Å². The van der Waals surface area contributed by atoms with E-state index in [1.54, 1.807) is 0 Å². The second-order valence-electron chi connectivity index (χ2n) is 4.70. The van der Waals surface area contributed by atoms with Gasteiger partial charge in [-0.05, 0) is 6.07 Å². The third-order valence-electron chi connectivity index (χ3n) is 2.99. The summed E-state index contributed by atoms with van der Waals surface area (Å²) in [5.74, 6) is -1.07. The van der Waals surface area contributed by atoms with Crippen molar-refractivity contribution in [3.8, 4) is 11.1 Å². The number of H-pyrrole nitrogens is 1. The molecule has 0 amide bonds. The topological polar surface area (TPSA) is 89.0 Å². The van der Waals surface area contributed by atoms with Crippen molar-refractivity contribution >= 4 is 21.4 Å². The Balaban J connectivity index is 2.59. The van der Waals surface area contributed by atoms with E-state index in [0.717, 1.165) is 23.1 Å². The minimum atomic E-state index is -3.35. The molecule has 0 aliphatic heterocycles. The van der Waals surface area contributed by atoms with Crippen LogP contribution in [-0.4, -0.2) is 30.0 Å². The number of rotatable bonds is 4. The van der Waals surface area contributed by atoms with Crippen molar-refractivity contribution in [3.63, 3.8) is 0 Å². The average molecular weight is 347 g/mol. The van der Waals surface area contributed by atoms with Gasteiger partial charge in [0.15, 0.2) is 0 Å². The number of sulfone groups is 1. The first-order valence-electron chi connectivity index (χ1n) is 6.15. The largest absolute Gasteiger partial charge is 0.328 e. The molecule has 0 atom stereocenters. The van der Waals surface area contributed by atoms with Crippen LogP contribution in [0.4, 0.5) is 4.39 Å². The van der Waals surface area contributed by atoms with Gasteiger partial charge in [-0.3, -0.25) is 9.36 Å². The Morgan fingerprint density at radius 2 is 1.95 bits per heavy atom. The summed E-state index contributed by atoms with van der Waals surface area (Å²) in [6.07, 6.45) is 2.13. The van der Waals surface area contributed by atoms with E-state index < -0.39 is 26.9 Å². The van der Waals surface area contributed by atoms with E-state index in [2.05, 4.69) is 4.98 Å². The number of aromatic amines is 1. The normalized spacial score (nSPS) is 11.6. The highest BCUT2D eigenvalue weighted by atomic mass is 35.5. The quantitative estimate of drug-likeness (QED) is 0.895. The summed E-state index contributed by atoms with van der Waals surface area (Å²) in [6, 6.07) is 3.95. The minimum absolute atomic E-state index is 0.0161. The number of nitrogens with zero attached hydrogens (tertiary/aromatic N) is 1. The van der Waals surface area contributed by atoms with Gasteiger partial charge in [0.25, 0.3) is 5.56 Å². The van der Waals surface area contributed by atoms with Crippen LogP contribution in [0.2, 0.25) is 5.02 Å². The van der Waals surface area contributed by atoms with Crippen LogP contribution in [0, 0.1) is 5.82 Å². The maximum Gasteiger partial charge on any atom is 0.328 e. The molecule has 0 saturated heterocycles. The van der Waals surface area contributed by atoms with E-state index in [1.165, 1.54) is 12.1 Å². The summed E-state index contributed by atoms with van der Waals surface area (Å²) in [4.78, 5) is 26.4. The average Bonchev–Trinajstić information content (AvgIpc) is 2.41. The molecule has 0 radical (unpaired) electrons. The molecule has 22 heavy (non-hydrogen) atoms. The van der Waals surface area contributed by atoms with Gasteiger partial charge < -0.3 is 4.98 Å². The van der Waals surface area contributed by atoms with E-state index in [0.29, 0.717) is 0 Å². The van der Waals surface area contributed by atoms with Crippen LogP contribution in [-0.2, 0) is 16.4 Å². The molecule has 2 aromatic rings. The number of aromatic nitrogens is 2. The fourth-order valence-corrected chi connectivity index (χ4v) is 2.62. The van der Waals surface area contributed by atoms with Crippen LogP contribution >= 0.6 is 11.6 Å². The predicted molar refractivity (Wildman–Crippen MR) is 81.4 cm³/mol. The molecule has 0 aliphatic carbocycles. The highest BCUT2D eigenvalue weighted by molar-refractivity contribution is 7.90. The summed E-state index contributed by atoms with van der Waals surface area (Å²) in [6.45, 7) is -0.298. The van der Waals surface area contributed by atoms with Crippen LogP contribution in [0.3, 0.4) is 0 Å². The Morgan fingerprint density at radius 1 is 1.27 bits per heavy atom. The molecule has 1 heterocycles. The van der Waals surface area contributed by atoms with Crippen molar-refractivity contribution in [2.75, 3.05) is 12.0 Å². The van der Waals surface area contributed by atoms with Gasteiger partial charge in [0, 0.05) is 24.6 Å². The molecule has 6 nitrogen and oxygen atoms in total. The highest BCUT2D eigenvalue weighted by Crippen LogP contribution is 2.27. The van der Waals surface area contributed by atoms with Gasteiger partial charge in [0.1, 0.15) is 15.7 Å². The van der Waals surface area contributed by atoms with Crippen LogP contribution < -0.4 is 11.2 Å². The van der Waals surface area contributed by atoms with Crippen molar-refractivity contribution in [2.24, 2.45) is 0 Å². The maximum atomic E-state index is 13.5. The Bertz CT molecular complexity index is 934. The minimum Gasteiger partial charge on any atom is -0.313 e. The zero-order valence-electron chi connectivity index (χ0n) is 11.5. The second kappa shape index (κ2) is 6.05. The molecule has 1 aromatic carbocycles. The lowest BCUT2D eigenvalue weighted by atomic mass is 10.1. The standard InChI is InChI=1S/C13H12ClFN2O4S/c1-22(20,21)6-5-17-12(18)9(7-16-13(17)19)8-3-2-4-10(15)11(8)14/h2-4,7H,5-6H2,1H3,(H,16,19). The first-order valence-corrected chi connectivity index (χ1v) is 8.59. The summed E-state index contributed by atoms with van der Waals surface area (Å²) >= 11 is 5.83. The smallest absolute Gasteiger partial charge is 0.313 e. The maximum absolute atomic E-state index is 13.5. The fraction of sp³-hybridized carbons (Fsp3) is 0.231. The molecule has 2 rings (SSSR count). The Hall–Kier alpha value is -1.93. The monoisotopic (exact) mass is 346 g/mol. The summed E-state index contributed by atoms with van der Waals surface area (Å²) in [5, 5.41) is -0.249. The van der Waals surface area contributed by atoms with Crippen molar-refractivity contribution in [2.45, 2.75) is 6.54 Å². The fourth-order valence-electron chi connectivity index (χ4n) is 1.88. The number of hydrogen-bond acceptors (Lipinski definition) is 4. The lowest BCUT2D eigenvalue weighted by Crippen LogP contribution is -2.37. The molecule has 1 aromatic heterocycles. The van der Waals surface area contributed by atoms with Gasteiger partial charge in [0.2, 0.25) is 0 Å². The molecule has 0 spiro atoms. The molecule has 9 heteroatoms. The van der Waals surface area contributed by atoms with Gasteiger partial charge in [-0.2, -0.15) is 0 Å². The molecule has 0 fully saturated rings. The molecule has 0 bridgehead atoms. The predicted octanol–water partition coefficient (Wildman–Crippen LogP) is 1.04. The van der Waals surface area contributed by atoms with Crippen molar-refractivity contribution in [1.29, 1.82) is 0 Å². The summed E-state index contributed by atoms with van der Waals surface area (Å²) in [7, 11) is -3.35.